The Hall–Kier alpha value is -0.180. The molecule has 0 atom stereocenters. The van der Waals surface area contributed by atoms with E-state index in [0.717, 1.165) is 6.42 Å². The summed E-state index contributed by atoms with van der Waals surface area (Å²) >= 11 is 0. The number of hydrogen-bond donors (Lipinski definition) is 2. The minimum atomic E-state index is -3.69. The van der Waals surface area contributed by atoms with E-state index in [9.17, 15) is 16.8 Å². The minimum absolute atomic E-state index is 0.108. The second-order valence-corrected chi connectivity index (χ2v) is 5.82. The van der Waals surface area contributed by atoms with Crippen molar-refractivity contribution in [2.24, 2.45) is 0 Å². The molecule has 0 spiro atoms. The highest BCUT2D eigenvalue weighted by atomic mass is 32.2. The van der Waals surface area contributed by atoms with Crippen LogP contribution >= 0.6 is 0 Å². The van der Waals surface area contributed by atoms with Gasteiger partial charge in [0.25, 0.3) is 20.2 Å². The molecule has 0 saturated heterocycles. The van der Waals surface area contributed by atoms with E-state index in [1.807, 2.05) is 6.92 Å². The molecule has 88 valence electrons. The summed E-state index contributed by atoms with van der Waals surface area (Å²) in [5.74, 6) is -0.309. The van der Waals surface area contributed by atoms with Gasteiger partial charge in [-0.1, -0.05) is 13.3 Å². The molecule has 0 radical (unpaired) electrons. The van der Waals surface area contributed by atoms with Crippen molar-refractivity contribution in [2.45, 2.75) is 26.7 Å². The lowest BCUT2D eigenvalue weighted by Gasteiger charge is -1.90. The number of hydrogen-bond acceptors (Lipinski definition) is 4. The Kier molecular flexibility index (Phi) is 8.31. The third-order valence-electron chi connectivity index (χ3n) is 1.12. The maximum Gasteiger partial charge on any atom is 0.264 e. The molecule has 0 amide bonds. The maximum absolute atomic E-state index is 9.95. The molecule has 0 fully saturated rings. The van der Waals surface area contributed by atoms with Crippen LogP contribution in [0.5, 0.6) is 0 Å². The summed E-state index contributed by atoms with van der Waals surface area (Å²) in [7, 11) is -7.35. The maximum atomic E-state index is 9.95. The first-order chi connectivity index (χ1) is 6.12. The smallest absolute Gasteiger partial charge is 0.264 e. The van der Waals surface area contributed by atoms with Crippen molar-refractivity contribution < 1.29 is 25.9 Å². The molecule has 0 heterocycles. The predicted octanol–water partition coefficient (Wildman–Crippen LogP) is 0.568. The summed E-state index contributed by atoms with van der Waals surface area (Å²) in [6.07, 6.45) is 1.33. The van der Waals surface area contributed by atoms with Crippen LogP contribution in [0.15, 0.2) is 0 Å². The van der Waals surface area contributed by atoms with E-state index >= 15 is 0 Å². The zero-order valence-corrected chi connectivity index (χ0v) is 9.81. The summed E-state index contributed by atoms with van der Waals surface area (Å²) in [5.41, 5.74) is 0. The summed E-state index contributed by atoms with van der Waals surface area (Å²) in [5, 5.41) is 0. The molecule has 0 rings (SSSR count). The Morgan fingerprint density at radius 3 is 1.36 bits per heavy atom. The summed E-state index contributed by atoms with van der Waals surface area (Å²) in [4.78, 5) is 0. The minimum Gasteiger partial charge on any atom is -0.286 e. The Morgan fingerprint density at radius 1 is 0.929 bits per heavy atom. The van der Waals surface area contributed by atoms with Crippen LogP contribution in [0.3, 0.4) is 0 Å². The summed E-state index contributed by atoms with van der Waals surface area (Å²) in [6.45, 7) is 3.24. The van der Waals surface area contributed by atoms with Crippen molar-refractivity contribution in [3.05, 3.63) is 0 Å². The van der Waals surface area contributed by atoms with Crippen LogP contribution in [-0.2, 0) is 20.2 Å². The molecule has 0 saturated carbocycles. The fourth-order valence-corrected chi connectivity index (χ4v) is 0.980. The first-order valence-corrected chi connectivity index (χ1v) is 7.24. The molecule has 14 heavy (non-hydrogen) atoms. The fourth-order valence-electron chi connectivity index (χ4n) is 0.327. The van der Waals surface area contributed by atoms with Gasteiger partial charge in [0, 0.05) is 0 Å². The van der Waals surface area contributed by atoms with E-state index in [1.165, 1.54) is 6.92 Å². The van der Waals surface area contributed by atoms with Crippen LogP contribution in [0.4, 0.5) is 0 Å². The lowest BCUT2D eigenvalue weighted by molar-refractivity contribution is 0.479. The Morgan fingerprint density at radius 2 is 1.29 bits per heavy atom. The first kappa shape index (κ1) is 16.3. The molecule has 6 nitrogen and oxygen atoms in total. The molecule has 2 N–H and O–H groups in total. The van der Waals surface area contributed by atoms with Crippen molar-refractivity contribution in [1.29, 1.82) is 0 Å². The molecule has 0 aliphatic heterocycles. The second-order valence-electron chi connectivity index (χ2n) is 2.51. The van der Waals surface area contributed by atoms with E-state index < -0.39 is 20.2 Å². The van der Waals surface area contributed by atoms with Crippen molar-refractivity contribution in [1.82, 2.24) is 0 Å². The van der Waals surface area contributed by atoms with Crippen molar-refractivity contribution in [3.8, 4) is 0 Å². The van der Waals surface area contributed by atoms with Gasteiger partial charge in [0.2, 0.25) is 0 Å². The molecule has 0 bridgehead atoms. The quantitative estimate of drug-likeness (QED) is 0.704. The van der Waals surface area contributed by atoms with Crippen LogP contribution in [0, 0.1) is 0 Å². The highest BCUT2D eigenvalue weighted by molar-refractivity contribution is 7.85. The number of unbranched alkanes of at least 4 members (excludes halogenated alkanes) is 1. The van der Waals surface area contributed by atoms with Gasteiger partial charge in [-0.05, 0) is 13.3 Å². The number of rotatable bonds is 4. The van der Waals surface area contributed by atoms with Gasteiger partial charge in [-0.2, -0.15) is 16.8 Å². The first-order valence-electron chi connectivity index (χ1n) is 4.02. The molecular formula is C6H16O6S2. The van der Waals surface area contributed by atoms with Gasteiger partial charge >= 0.3 is 0 Å². The van der Waals surface area contributed by atoms with Gasteiger partial charge < -0.3 is 0 Å². The molecule has 0 aliphatic rings. The Balaban J connectivity index is 0. The van der Waals surface area contributed by atoms with Crippen molar-refractivity contribution in [2.75, 3.05) is 11.5 Å². The van der Waals surface area contributed by atoms with Crippen LogP contribution in [0.25, 0.3) is 0 Å². The van der Waals surface area contributed by atoms with Gasteiger partial charge in [-0.25, -0.2) is 0 Å². The normalized spacial score (nSPS) is 11.7. The van der Waals surface area contributed by atoms with Gasteiger partial charge in [0.15, 0.2) is 0 Å². The van der Waals surface area contributed by atoms with E-state index in [2.05, 4.69) is 0 Å². The summed E-state index contributed by atoms with van der Waals surface area (Å²) in [6, 6.07) is 0. The zero-order chi connectivity index (χ0) is 11.8. The van der Waals surface area contributed by atoms with Crippen LogP contribution in [0.1, 0.15) is 26.7 Å². The Labute approximate surface area is 84.8 Å². The lowest BCUT2D eigenvalue weighted by Crippen LogP contribution is -2.02. The van der Waals surface area contributed by atoms with E-state index in [0.29, 0.717) is 6.42 Å². The third kappa shape index (κ3) is 22.6. The molecular weight excluding hydrogens is 232 g/mol. The Bertz CT molecular complexity index is 314. The molecule has 0 unspecified atom stereocenters. The average Bonchev–Trinajstić information content (AvgIpc) is 1.99. The molecule has 0 aromatic carbocycles. The van der Waals surface area contributed by atoms with E-state index in [1.54, 1.807) is 0 Å². The molecule has 0 aromatic heterocycles. The van der Waals surface area contributed by atoms with E-state index in [4.69, 9.17) is 9.11 Å². The fraction of sp³-hybridized carbons (Fsp3) is 1.00. The monoisotopic (exact) mass is 248 g/mol. The van der Waals surface area contributed by atoms with Gasteiger partial charge in [-0.3, -0.25) is 9.11 Å². The highest BCUT2D eigenvalue weighted by Crippen LogP contribution is 1.90. The molecule has 0 aromatic rings. The van der Waals surface area contributed by atoms with Crippen molar-refractivity contribution >= 4 is 20.2 Å². The predicted molar refractivity (Wildman–Crippen MR) is 53.4 cm³/mol. The third-order valence-corrected chi connectivity index (χ3v) is 2.65. The van der Waals surface area contributed by atoms with Crippen LogP contribution < -0.4 is 0 Å². The second kappa shape index (κ2) is 7.16. The van der Waals surface area contributed by atoms with Crippen LogP contribution in [-0.4, -0.2) is 37.4 Å². The SMILES string of the molecule is CCCCS(=O)(=O)O.CCS(=O)(=O)O. The zero-order valence-electron chi connectivity index (χ0n) is 8.17. The lowest BCUT2D eigenvalue weighted by atomic mass is 10.4. The van der Waals surface area contributed by atoms with Gasteiger partial charge in [0.05, 0.1) is 11.5 Å². The summed E-state index contributed by atoms with van der Waals surface area (Å²) < 4.78 is 54.9. The largest absolute Gasteiger partial charge is 0.286 e. The average molecular weight is 248 g/mol. The topological polar surface area (TPSA) is 109 Å². The highest BCUT2D eigenvalue weighted by Gasteiger charge is 2.00. The molecule has 0 aliphatic carbocycles. The van der Waals surface area contributed by atoms with Crippen molar-refractivity contribution in [3.63, 3.8) is 0 Å². The van der Waals surface area contributed by atoms with E-state index in [-0.39, 0.29) is 11.5 Å². The van der Waals surface area contributed by atoms with Gasteiger partial charge in [-0.15, -0.1) is 0 Å². The molecule has 8 heteroatoms. The van der Waals surface area contributed by atoms with Gasteiger partial charge in [0.1, 0.15) is 0 Å². The van der Waals surface area contributed by atoms with Crippen LogP contribution in [0.2, 0.25) is 0 Å². The standard InChI is InChI=1S/C4H10O3S.C2H6O3S/c1-2-3-4-8(5,6)7;1-2-6(3,4)5/h2-4H2,1H3,(H,5,6,7);2H2,1H3,(H,3,4,5).